The predicted octanol–water partition coefficient (Wildman–Crippen LogP) is 3.48. The Balaban J connectivity index is 1.51. The lowest BCUT2D eigenvalue weighted by Gasteiger charge is -2.26. The van der Waals surface area contributed by atoms with Gasteiger partial charge in [0.05, 0.1) is 18.1 Å². The fraction of sp³-hybridized carbons (Fsp3) is 0.200. The number of fused-ring (bicyclic) bond motifs is 1. The fourth-order valence-corrected chi connectivity index (χ4v) is 4.55. The van der Waals surface area contributed by atoms with Gasteiger partial charge in [0.15, 0.2) is 5.58 Å². The highest BCUT2D eigenvalue weighted by Crippen LogP contribution is 2.24. The van der Waals surface area contributed by atoms with E-state index in [1.165, 1.54) is 22.6 Å². The number of hydrogen-bond donors (Lipinski definition) is 1. The van der Waals surface area contributed by atoms with Crippen LogP contribution in [0.2, 0.25) is 5.02 Å². The second kappa shape index (κ2) is 8.45. The van der Waals surface area contributed by atoms with Crippen LogP contribution in [0.5, 0.6) is 0 Å². The van der Waals surface area contributed by atoms with Crippen LogP contribution in [0.4, 0.5) is 5.69 Å². The van der Waals surface area contributed by atoms with E-state index in [2.05, 4.69) is 10.3 Å². The smallest absolute Gasteiger partial charge is 0.243 e. The van der Waals surface area contributed by atoms with Crippen molar-refractivity contribution in [2.75, 3.05) is 31.6 Å². The molecule has 0 saturated carbocycles. The van der Waals surface area contributed by atoms with E-state index >= 15 is 0 Å². The zero-order valence-corrected chi connectivity index (χ0v) is 17.3. The lowest BCUT2D eigenvalue weighted by molar-refractivity contribution is 0.0730. The van der Waals surface area contributed by atoms with Crippen molar-refractivity contribution in [1.82, 2.24) is 9.29 Å². The van der Waals surface area contributed by atoms with Crippen LogP contribution < -0.4 is 5.32 Å². The first-order valence-electron chi connectivity index (χ1n) is 9.08. The number of oxazole rings is 1. The summed E-state index contributed by atoms with van der Waals surface area (Å²) in [5.74, 6) is 0.161. The van der Waals surface area contributed by atoms with Gasteiger partial charge in [-0.3, -0.25) is 0 Å². The fourth-order valence-electron chi connectivity index (χ4n) is 2.97. The molecule has 8 nitrogen and oxygen atoms in total. The highest BCUT2D eigenvalue weighted by molar-refractivity contribution is 7.89. The van der Waals surface area contributed by atoms with Gasteiger partial charge in [-0.2, -0.15) is 9.57 Å². The predicted molar refractivity (Wildman–Crippen MR) is 112 cm³/mol. The molecule has 0 unspecified atom stereocenters. The minimum absolute atomic E-state index is 0.161. The number of benzene rings is 2. The van der Waals surface area contributed by atoms with Gasteiger partial charge in [-0.05, 0) is 42.5 Å². The van der Waals surface area contributed by atoms with Crippen molar-refractivity contribution < 1.29 is 17.6 Å². The Morgan fingerprint density at radius 1 is 1.20 bits per heavy atom. The Kier molecular flexibility index (Phi) is 5.74. The first-order chi connectivity index (χ1) is 14.5. The normalized spacial score (nSPS) is 15.8. The van der Waals surface area contributed by atoms with E-state index in [0.717, 1.165) is 0 Å². The van der Waals surface area contributed by atoms with E-state index in [4.69, 9.17) is 20.8 Å². The van der Waals surface area contributed by atoms with E-state index in [-0.39, 0.29) is 16.4 Å². The molecule has 0 atom stereocenters. The van der Waals surface area contributed by atoms with Crippen LogP contribution in [0.3, 0.4) is 0 Å². The highest BCUT2D eigenvalue weighted by atomic mass is 35.5. The Labute approximate surface area is 178 Å². The molecule has 0 spiro atoms. The maximum atomic E-state index is 12.7. The molecule has 0 radical (unpaired) electrons. The third-order valence-corrected chi connectivity index (χ3v) is 6.69. The van der Waals surface area contributed by atoms with Gasteiger partial charge in [-0.15, -0.1) is 0 Å². The van der Waals surface area contributed by atoms with Crippen LogP contribution in [0.15, 0.2) is 58.0 Å². The summed E-state index contributed by atoms with van der Waals surface area (Å²) >= 11 is 5.95. The molecule has 3 aromatic rings. The number of rotatable bonds is 5. The van der Waals surface area contributed by atoms with E-state index < -0.39 is 10.0 Å². The second-order valence-electron chi connectivity index (χ2n) is 6.49. The van der Waals surface area contributed by atoms with Crippen molar-refractivity contribution in [2.45, 2.75) is 4.90 Å². The van der Waals surface area contributed by atoms with Crippen LogP contribution in [0.1, 0.15) is 5.89 Å². The number of ether oxygens (including phenoxy) is 1. The highest BCUT2D eigenvalue weighted by Gasteiger charge is 2.26. The largest absolute Gasteiger partial charge is 0.435 e. The summed E-state index contributed by atoms with van der Waals surface area (Å²) in [6.07, 6.45) is 1.46. The molecule has 10 heteroatoms. The van der Waals surface area contributed by atoms with Crippen molar-refractivity contribution in [3.63, 3.8) is 0 Å². The Hall–Kier alpha value is -2.90. The Morgan fingerprint density at radius 2 is 1.93 bits per heavy atom. The maximum absolute atomic E-state index is 12.7. The minimum atomic E-state index is -3.55. The van der Waals surface area contributed by atoms with Gasteiger partial charge in [0.1, 0.15) is 17.2 Å². The summed E-state index contributed by atoms with van der Waals surface area (Å²) in [7, 11) is -3.55. The zero-order valence-electron chi connectivity index (χ0n) is 15.7. The maximum Gasteiger partial charge on any atom is 0.243 e. The number of halogens is 1. The number of nitriles is 1. The molecule has 1 aromatic heterocycles. The van der Waals surface area contributed by atoms with Crippen LogP contribution in [0.25, 0.3) is 16.7 Å². The summed E-state index contributed by atoms with van der Waals surface area (Å²) in [4.78, 5) is 4.48. The first kappa shape index (κ1) is 20.4. The summed E-state index contributed by atoms with van der Waals surface area (Å²) in [6.45, 7) is 1.46. The van der Waals surface area contributed by atoms with Crippen molar-refractivity contribution in [3.8, 4) is 6.07 Å². The SMILES string of the molecule is N#C/C(=C\Nc1ccc(S(=O)(=O)N2CCOCC2)cc1)c1nc2cc(Cl)ccc2o1. The number of anilines is 1. The van der Waals surface area contributed by atoms with Crippen LogP contribution >= 0.6 is 11.6 Å². The van der Waals surface area contributed by atoms with Crippen LogP contribution in [0, 0.1) is 11.3 Å². The number of allylic oxidation sites excluding steroid dienone is 1. The number of sulfonamides is 1. The average Bonchev–Trinajstić information content (AvgIpc) is 3.18. The quantitative estimate of drug-likeness (QED) is 0.600. The first-order valence-corrected chi connectivity index (χ1v) is 10.9. The molecule has 2 heterocycles. The summed E-state index contributed by atoms with van der Waals surface area (Å²) < 4.78 is 37.6. The topological polar surface area (TPSA) is 108 Å². The van der Waals surface area contributed by atoms with Gasteiger partial charge < -0.3 is 14.5 Å². The molecule has 154 valence electrons. The summed E-state index contributed by atoms with van der Waals surface area (Å²) in [5, 5.41) is 12.9. The van der Waals surface area contributed by atoms with Gasteiger partial charge in [-0.25, -0.2) is 13.4 Å². The van der Waals surface area contributed by atoms with Crippen molar-refractivity contribution >= 4 is 44.0 Å². The van der Waals surface area contributed by atoms with Gasteiger partial charge >= 0.3 is 0 Å². The number of hydrogen-bond acceptors (Lipinski definition) is 7. The van der Waals surface area contributed by atoms with Crippen molar-refractivity contribution in [3.05, 3.63) is 59.6 Å². The number of nitrogens with zero attached hydrogens (tertiary/aromatic N) is 3. The zero-order chi connectivity index (χ0) is 21.1. The monoisotopic (exact) mass is 444 g/mol. The van der Waals surface area contributed by atoms with Crippen molar-refractivity contribution in [2.24, 2.45) is 0 Å². The molecule has 4 rings (SSSR count). The molecule has 0 bridgehead atoms. The van der Waals surface area contributed by atoms with E-state index in [1.807, 2.05) is 6.07 Å². The number of nitrogens with one attached hydrogen (secondary N) is 1. The lowest BCUT2D eigenvalue weighted by atomic mass is 10.3. The van der Waals surface area contributed by atoms with Crippen LogP contribution in [-0.2, 0) is 14.8 Å². The number of morpholine rings is 1. The molecule has 0 amide bonds. The molecule has 1 fully saturated rings. The summed E-state index contributed by atoms with van der Waals surface area (Å²) in [6, 6.07) is 13.4. The molecule has 2 aromatic carbocycles. The van der Waals surface area contributed by atoms with Gasteiger partial charge in [0.2, 0.25) is 15.9 Å². The van der Waals surface area contributed by atoms with E-state index in [9.17, 15) is 13.7 Å². The third-order valence-electron chi connectivity index (χ3n) is 4.55. The van der Waals surface area contributed by atoms with Crippen LogP contribution in [-0.4, -0.2) is 44.0 Å². The van der Waals surface area contributed by atoms with Gasteiger partial charge in [0, 0.05) is 30.0 Å². The molecular weight excluding hydrogens is 428 g/mol. The minimum Gasteiger partial charge on any atom is -0.435 e. The lowest BCUT2D eigenvalue weighted by Crippen LogP contribution is -2.40. The van der Waals surface area contributed by atoms with E-state index in [0.29, 0.717) is 48.1 Å². The van der Waals surface area contributed by atoms with Gasteiger partial charge in [0.25, 0.3) is 0 Å². The molecule has 1 aliphatic heterocycles. The summed E-state index contributed by atoms with van der Waals surface area (Å²) in [5.41, 5.74) is 1.87. The number of aromatic nitrogens is 1. The Bertz CT molecular complexity index is 1240. The third kappa shape index (κ3) is 4.17. The molecule has 30 heavy (non-hydrogen) atoms. The average molecular weight is 445 g/mol. The molecule has 1 saturated heterocycles. The van der Waals surface area contributed by atoms with E-state index in [1.54, 1.807) is 30.3 Å². The molecule has 1 N–H and O–H groups in total. The standard InChI is InChI=1S/C20H17ClN4O4S/c21-15-1-6-19-18(11-15)24-20(29-19)14(12-22)13-23-16-2-4-17(5-3-16)30(26,27)25-7-9-28-10-8-25/h1-6,11,13,23H,7-10H2/b14-13+. The molecular formula is C20H17ClN4O4S. The second-order valence-corrected chi connectivity index (χ2v) is 8.86. The molecule has 0 aliphatic carbocycles. The Morgan fingerprint density at radius 3 is 2.63 bits per heavy atom. The van der Waals surface area contributed by atoms with Gasteiger partial charge in [-0.1, -0.05) is 11.6 Å². The van der Waals surface area contributed by atoms with Crippen molar-refractivity contribution in [1.29, 1.82) is 5.26 Å². The molecule has 1 aliphatic rings.